The molecule has 2 heterocycles. The van der Waals surface area contributed by atoms with Crippen molar-refractivity contribution in [3.8, 4) is 0 Å². The number of anilines is 1. The lowest BCUT2D eigenvalue weighted by Gasteiger charge is -2.15. The zero-order valence-electron chi connectivity index (χ0n) is 17.3. The average molecular weight is 405 g/mol. The number of fused-ring (bicyclic) bond motifs is 1. The highest BCUT2D eigenvalue weighted by Gasteiger charge is 2.21. The van der Waals surface area contributed by atoms with Crippen LogP contribution < -0.4 is 15.5 Å². The van der Waals surface area contributed by atoms with Gasteiger partial charge in [0.25, 0.3) is 0 Å². The fourth-order valence-electron chi connectivity index (χ4n) is 3.64. The number of H-pyrrole nitrogens is 1. The Bertz CT molecular complexity index is 991. The molecule has 30 heavy (non-hydrogen) atoms. The average Bonchev–Trinajstić information content (AvgIpc) is 3.38. The van der Waals surface area contributed by atoms with E-state index < -0.39 is 0 Å². The van der Waals surface area contributed by atoms with Crippen molar-refractivity contribution >= 4 is 28.6 Å². The summed E-state index contributed by atoms with van der Waals surface area (Å²) in [6.07, 6.45) is 2.38. The van der Waals surface area contributed by atoms with Gasteiger partial charge in [0, 0.05) is 38.2 Å². The van der Waals surface area contributed by atoms with E-state index >= 15 is 0 Å². The summed E-state index contributed by atoms with van der Waals surface area (Å²) in [7, 11) is 0. The molecule has 156 valence electrons. The second-order valence-corrected chi connectivity index (χ2v) is 7.39. The Hall–Kier alpha value is -3.35. The molecule has 2 aromatic carbocycles. The number of imidazole rings is 1. The van der Waals surface area contributed by atoms with Crippen LogP contribution in [0.2, 0.25) is 0 Å². The largest absolute Gasteiger partial charge is 0.357 e. The molecule has 0 unspecified atom stereocenters. The van der Waals surface area contributed by atoms with Crippen molar-refractivity contribution in [1.82, 2.24) is 20.6 Å². The van der Waals surface area contributed by atoms with Gasteiger partial charge in [-0.3, -0.25) is 4.79 Å². The molecule has 0 bridgehead atoms. The molecule has 1 amide bonds. The third-order valence-electron chi connectivity index (χ3n) is 5.18. The van der Waals surface area contributed by atoms with Crippen LogP contribution in [0.4, 0.5) is 5.69 Å². The third-order valence-corrected chi connectivity index (χ3v) is 5.18. The highest BCUT2D eigenvalue weighted by molar-refractivity contribution is 5.95. The first-order valence-electron chi connectivity index (χ1n) is 10.6. The second kappa shape index (κ2) is 9.43. The lowest BCUT2D eigenvalue weighted by molar-refractivity contribution is -0.117. The van der Waals surface area contributed by atoms with Crippen LogP contribution in [0.3, 0.4) is 0 Å². The van der Waals surface area contributed by atoms with Crippen LogP contribution >= 0.6 is 0 Å². The maximum atomic E-state index is 11.9. The number of hydrogen-bond acceptors (Lipinski definition) is 3. The molecule has 0 spiro atoms. The van der Waals surface area contributed by atoms with Crippen LogP contribution in [-0.4, -0.2) is 41.5 Å². The Labute approximate surface area is 176 Å². The number of guanidine groups is 1. The van der Waals surface area contributed by atoms with Gasteiger partial charge >= 0.3 is 0 Å². The van der Waals surface area contributed by atoms with Crippen molar-refractivity contribution < 1.29 is 4.79 Å². The van der Waals surface area contributed by atoms with Gasteiger partial charge in [0.05, 0.1) is 17.6 Å². The summed E-state index contributed by atoms with van der Waals surface area (Å²) in [5.41, 5.74) is 4.14. The van der Waals surface area contributed by atoms with Gasteiger partial charge in [-0.05, 0) is 43.2 Å². The van der Waals surface area contributed by atoms with E-state index in [2.05, 4.69) is 32.5 Å². The van der Waals surface area contributed by atoms with E-state index in [4.69, 9.17) is 0 Å². The number of nitrogens with one attached hydrogen (secondary N) is 3. The van der Waals surface area contributed by atoms with Crippen molar-refractivity contribution in [1.29, 1.82) is 0 Å². The molecule has 0 atom stereocenters. The quantitative estimate of drug-likeness (QED) is 0.417. The number of amides is 1. The molecule has 3 N–H and O–H groups in total. The molecule has 0 saturated carbocycles. The molecule has 1 aliphatic heterocycles. The van der Waals surface area contributed by atoms with Crippen LogP contribution in [0.25, 0.3) is 11.0 Å². The van der Waals surface area contributed by atoms with Crippen LogP contribution in [-0.2, 0) is 17.8 Å². The fourth-order valence-corrected chi connectivity index (χ4v) is 3.64. The number of benzene rings is 2. The van der Waals surface area contributed by atoms with E-state index in [1.54, 1.807) is 0 Å². The lowest BCUT2D eigenvalue weighted by atomic mass is 10.2. The number of aromatic nitrogens is 2. The summed E-state index contributed by atoms with van der Waals surface area (Å²) >= 11 is 0. The first-order chi connectivity index (χ1) is 14.7. The molecule has 7 heteroatoms. The number of rotatable bonds is 7. The van der Waals surface area contributed by atoms with E-state index in [0.717, 1.165) is 66.5 Å². The Morgan fingerprint density at radius 2 is 2.00 bits per heavy atom. The topological polar surface area (TPSA) is 85.4 Å². The third kappa shape index (κ3) is 4.79. The lowest BCUT2D eigenvalue weighted by Crippen LogP contribution is -2.38. The number of nitrogens with zero attached hydrogens (tertiary/aromatic N) is 3. The Morgan fingerprint density at radius 1 is 1.17 bits per heavy atom. The van der Waals surface area contributed by atoms with Gasteiger partial charge in [-0.2, -0.15) is 0 Å². The Balaban J connectivity index is 1.32. The SMILES string of the molecule is CCNC(=NCc1ccc(N2CCCC2=O)cc1)NCCc1nc2ccccc2[nH]1. The summed E-state index contributed by atoms with van der Waals surface area (Å²) in [4.78, 5) is 26.4. The van der Waals surface area contributed by atoms with Crippen molar-refractivity contribution in [3.63, 3.8) is 0 Å². The minimum Gasteiger partial charge on any atom is -0.357 e. The van der Waals surface area contributed by atoms with Crippen molar-refractivity contribution in [2.24, 2.45) is 4.99 Å². The maximum Gasteiger partial charge on any atom is 0.227 e. The summed E-state index contributed by atoms with van der Waals surface area (Å²) in [6.45, 7) is 4.98. The molecular formula is C23H28N6O. The van der Waals surface area contributed by atoms with Crippen LogP contribution in [0.15, 0.2) is 53.5 Å². The van der Waals surface area contributed by atoms with E-state index in [1.165, 1.54) is 0 Å². The number of carbonyl (C=O) groups excluding carboxylic acids is 1. The van der Waals surface area contributed by atoms with Crippen molar-refractivity contribution in [3.05, 3.63) is 59.9 Å². The number of aromatic amines is 1. The highest BCUT2D eigenvalue weighted by Crippen LogP contribution is 2.21. The summed E-state index contributed by atoms with van der Waals surface area (Å²) in [5.74, 6) is 1.96. The fraction of sp³-hybridized carbons (Fsp3) is 0.348. The normalized spacial score (nSPS) is 14.5. The first-order valence-corrected chi connectivity index (χ1v) is 10.6. The van der Waals surface area contributed by atoms with Crippen LogP contribution in [0.1, 0.15) is 31.2 Å². The smallest absolute Gasteiger partial charge is 0.227 e. The molecule has 1 fully saturated rings. The molecule has 7 nitrogen and oxygen atoms in total. The second-order valence-electron chi connectivity index (χ2n) is 7.39. The number of aliphatic imine (C=N–C) groups is 1. The van der Waals surface area contributed by atoms with E-state index in [1.807, 2.05) is 53.4 Å². The number of hydrogen-bond donors (Lipinski definition) is 3. The molecular weight excluding hydrogens is 376 g/mol. The molecule has 1 aromatic heterocycles. The monoisotopic (exact) mass is 404 g/mol. The highest BCUT2D eigenvalue weighted by atomic mass is 16.2. The Kier molecular flexibility index (Phi) is 6.27. The van der Waals surface area contributed by atoms with Crippen LogP contribution in [0, 0.1) is 0 Å². The van der Waals surface area contributed by atoms with Gasteiger partial charge in [0.15, 0.2) is 5.96 Å². The minimum absolute atomic E-state index is 0.212. The number of para-hydroxylation sites is 2. The van der Waals surface area contributed by atoms with E-state index in [9.17, 15) is 4.79 Å². The van der Waals surface area contributed by atoms with E-state index in [0.29, 0.717) is 13.0 Å². The molecule has 0 aliphatic carbocycles. The van der Waals surface area contributed by atoms with Gasteiger partial charge < -0.3 is 20.5 Å². The summed E-state index contributed by atoms with van der Waals surface area (Å²) in [6, 6.07) is 16.2. The van der Waals surface area contributed by atoms with Gasteiger partial charge in [-0.15, -0.1) is 0 Å². The summed E-state index contributed by atoms with van der Waals surface area (Å²) < 4.78 is 0. The Morgan fingerprint density at radius 3 is 2.73 bits per heavy atom. The zero-order valence-corrected chi connectivity index (χ0v) is 17.3. The molecule has 4 rings (SSSR count). The van der Waals surface area contributed by atoms with Crippen molar-refractivity contribution in [2.75, 3.05) is 24.5 Å². The summed E-state index contributed by atoms with van der Waals surface area (Å²) in [5, 5.41) is 6.65. The molecule has 1 aliphatic rings. The first kappa shape index (κ1) is 19.9. The van der Waals surface area contributed by atoms with Gasteiger partial charge in [0.1, 0.15) is 5.82 Å². The molecule has 3 aromatic rings. The predicted octanol–water partition coefficient (Wildman–Crippen LogP) is 2.99. The van der Waals surface area contributed by atoms with E-state index in [-0.39, 0.29) is 5.91 Å². The zero-order chi connectivity index (χ0) is 20.8. The van der Waals surface area contributed by atoms with Gasteiger partial charge in [-0.25, -0.2) is 9.98 Å². The predicted molar refractivity (Wildman–Crippen MR) is 121 cm³/mol. The minimum atomic E-state index is 0.212. The van der Waals surface area contributed by atoms with Crippen LogP contribution in [0.5, 0.6) is 0 Å². The maximum absolute atomic E-state index is 11.9. The standard InChI is InChI=1S/C23H28N6O/c1-2-24-23(25-14-13-21-27-19-6-3-4-7-20(19)28-21)26-16-17-9-11-18(12-10-17)29-15-5-8-22(29)30/h3-4,6-7,9-12H,2,5,8,13-16H2,1H3,(H,27,28)(H2,24,25,26). The van der Waals surface area contributed by atoms with Crippen molar-refractivity contribution in [2.45, 2.75) is 32.7 Å². The number of carbonyl (C=O) groups is 1. The van der Waals surface area contributed by atoms with Gasteiger partial charge in [0.2, 0.25) is 5.91 Å². The molecule has 0 radical (unpaired) electrons. The van der Waals surface area contributed by atoms with Gasteiger partial charge in [-0.1, -0.05) is 24.3 Å². The molecule has 1 saturated heterocycles.